The predicted molar refractivity (Wildman–Crippen MR) is 113 cm³/mol. The van der Waals surface area contributed by atoms with E-state index in [1.165, 1.54) is 29.3 Å². The van der Waals surface area contributed by atoms with Crippen molar-refractivity contribution in [3.05, 3.63) is 87.1 Å². The second kappa shape index (κ2) is 7.73. The highest BCUT2D eigenvalue weighted by atomic mass is 19.3. The van der Waals surface area contributed by atoms with Gasteiger partial charge in [0.2, 0.25) is 0 Å². The third-order valence-corrected chi connectivity index (χ3v) is 6.07. The Balaban J connectivity index is 1.58. The molecule has 0 bridgehead atoms. The first-order valence-electron chi connectivity index (χ1n) is 10.2. The summed E-state index contributed by atoms with van der Waals surface area (Å²) < 4.78 is 55.5. The monoisotopic (exact) mass is 458 g/mol. The number of H-pyrrole nitrogens is 1. The van der Waals surface area contributed by atoms with Crippen molar-refractivity contribution in [1.29, 1.82) is 0 Å². The summed E-state index contributed by atoms with van der Waals surface area (Å²) in [7, 11) is 1.56. The van der Waals surface area contributed by atoms with Crippen molar-refractivity contribution in [1.82, 2.24) is 19.6 Å². The molecule has 2 N–H and O–H groups in total. The first-order chi connectivity index (χ1) is 15.7. The number of carbonyl (C=O) groups is 1. The van der Waals surface area contributed by atoms with Crippen molar-refractivity contribution in [2.45, 2.75) is 19.0 Å². The molecule has 1 atom stereocenters. The Morgan fingerprint density at radius 2 is 1.88 bits per heavy atom. The van der Waals surface area contributed by atoms with Crippen LogP contribution in [0, 0.1) is 11.6 Å². The number of aromatic nitrogens is 2. The van der Waals surface area contributed by atoms with Gasteiger partial charge >= 0.3 is 0 Å². The molecule has 0 saturated carbocycles. The van der Waals surface area contributed by atoms with Gasteiger partial charge in [-0.1, -0.05) is 0 Å². The largest absolute Gasteiger partial charge is 0.333 e. The number of nitrogens with one attached hydrogen (secondary N) is 2. The number of carbonyl (C=O) groups excluding carboxylic acids is 1. The molecule has 3 aromatic heterocycles. The van der Waals surface area contributed by atoms with Gasteiger partial charge in [0.1, 0.15) is 0 Å². The lowest BCUT2D eigenvalue weighted by atomic mass is 9.93. The van der Waals surface area contributed by atoms with Crippen molar-refractivity contribution in [2.75, 3.05) is 13.6 Å². The van der Waals surface area contributed by atoms with Crippen molar-refractivity contribution in [3.63, 3.8) is 0 Å². The number of amides is 1. The summed E-state index contributed by atoms with van der Waals surface area (Å²) in [6, 6.07) is 5.36. The van der Waals surface area contributed by atoms with E-state index in [1.807, 2.05) is 0 Å². The van der Waals surface area contributed by atoms with Crippen LogP contribution in [0.15, 0.2) is 47.5 Å². The fourth-order valence-corrected chi connectivity index (χ4v) is 4.40. The molecule has 0 radical (unpaired) electrons. The van der Waals surface area contributed by atoms with Crippen molar-refractivity contribution in [2.24, 2.45) is 0 Å². The fourth-order valence-electron chi connectivity index (χ4n) is 4.40. The highest BCUT2D eigenvalue weighted by Gasteiger charge is 2.31. The van der Waals surface area contributed by atoms with Crippen molar-refractivity contribution in [3.8, 4) is 0 Å². The summed E-state index contributed by atoms with van der Waals surface area (Å²) >= 11 is 0. The molecule has 1 aliphatic rings. The summed E-state index contributed by atoms with van der Waals surface area (Å²) in [6.45, 7) is 0.614. The third kappa shape index (κ3) is 3.46. The zero-order valence-electron chi connectivity index (χ0n) is 17.3. The Kier molecular flexibility index (Phi) is 4.97. The molecule has 0 saturated heterocycles. The number of aromatic amines is 1. The average Bonchev–Trinajstić information content (AvgIpc) is 3.22. The quantitative estimate of drug-likeness (QED) is 0.458. The lowest BCUT2D eigenvalue weighted by molar-refractivity contribution is 0.0723. The highest BCUT2D eigenvalue weighted by Crippen LogP contribution is 2.33. The molecule has 1 aliphatic heterocycles. The maximum absolute atomic E-state index is 14.1. The smallest absolute Gasteiger partial charge is 0.263 e. The van der Waals surface area contributed by atoms with Crippen LogP contribution in [-0.4, -0.2) is 33.8 Å². The SMILES string of the molecule is CN(C(=O)c1cc2cc(C(F)F)ccn2c1)C1CNCc2[nH]c(=O)c3cc(F)c(F)cc3c21. The zero-order chi connectivity index (χ0) is 23.4. The van der Waals surface area contributed by atoms with Crippen molar-refractivity contribution >= 4 is 22.2 Å². The molecule has 33 heavy (non-hydrogen) atoms. The number of likely N-dealkylation sites (N-methyl/N-ethyl adjacent to an activating group) is 1. The van der Waals surface area contributed by atoms with E-state index in [-0.39, 0.29) is 27.8 Å². The third-order valence-electron chi connectivity index (χ3n) is 6.07. The van der Waals surface area contributed by atoms with Gasteiger partial charge in [0, 0.05) is 54.9 Å². The number of hydrogen-bond donors (Lipinski definition) is 2. The topological polar surface area (TPSA) is 69.6 Å². The second-order valence-corrected chi connectivity index (χ2v) is 8.04. The first kappa shape index (κ1) is 21.2. The summed E-state index contributed by atoms with van der Waals surface area (Å²) in [6.07, 6.45) is 0.374. The van der Waals surface area contributed by atoms with Crippen LogP contribution in [0.25, 0.3) is 16.3 Å². The minimum Gasteiger partial charge on any atom is -0.333 e. The Hall–Kier alpha value is -3.66. The van der Waals surface area contributed by atoms with Gasteiger partial charge in [0.05, 0.1) is 17.0 Å². The van der Waals surface area contributed by atoms with Crippen molar-refractivity contribution < 1.29 is 22.4 Å². The van der Waals surface area contributed by atoms with Gasteiger partial charge in [-0.15, -0.1) is 0 Å². The van der Waals surface area contributed by atoms with Crippen LogP contribution in [0.1, 0.15) is 39.6 Å². The lowest BCUT2D eigenvalue weighted by Crippen LogP contribution is -2.42. The first-order valence-corrected chi connectivity index (χ1v) is 10.2. The van der Waals surface area contributed by atoms with E-state index >= 15 is 0 Å². The van der Waals surface area contributed by atoms with Crippen LogP contribution < -0.4 is 10.9 Å². The molecule has 5 rings (SSSR count). The van der Waals surface area contributed by atoms with Gasteiger partial charge in [-0.25, -0.2) is 17.6 Å². The van der Waals surface area contributed by atoms with E-state index in [4.69, 9.17) is 0 Å². The van der Waals surface area contributed by atoms with E-state index in [2.05, 4.69) is 10.3 Å². The fraction of sp³-hybridized carbons (Fsp3) is 0.217. The van der Waals surface area contributed by atoms with Gasteiger partial charge < -0.3 is 19.6 Å². The van der Waals surface area contributed by atoms with Gasteiger partial charge in [0.15, 0.2) is 11.6 Å². The molecule has 0 fully saturated rings. The minimum absolute atomic E-state index is 0.00506. The van der Waals surface area contributed by atoms with E-state index in [9.17, 15) is 27.2 Å². The maximum Gasteiger partial charge on any atom is 0.263 e. The number of rotatable bonds is 3. The highest BCUT2D eigenvalue weighted by molar-refractivity contribution is 5.96. The maximum atomic E-state index is 14.1. The number of fused-ring (bicyclic) bond motifs is 4. The van der Waals surface area contributed by atoms with Crippen LogP contribution in [-0.2, 0) is 6.54 Å². The number of pyridine rings is 2. The molecule has 170 valence electrons. The number of alkyl halides is 2. The van der Waals surface area contributed by atoms with E-state index < -0.39 is 29.7 Å². The summed E-state index contributed by atoms with van der Waals surface area (Å²) in [5, 5.41) is 3.36. The van der Waals surface area contributed by atoms with Crippen LogP contribution in [0.4, 0.5) is 17.6 Å². The molecule has 6 nitrogen and oxygen atoms in total. The second-order valence-electron chi connectivity index (χ2n) is 8.04. The standard InChI is InChI=1S/C23H18F4N4O2/c1-30(23(33)12-5-13-4-11(21(26)27)2-3-31(13)10-12)19-9-28-8-18-20(19)14-6-16(24)17(25)7-15(14)22(32)29-18/h2-7,10,19,21,28H,8-9H2,1H3,(H,29,32). The van der Waals surface area contributed by atoms with Crippen LogP contribution in [0.5, 0.6) is 0 Å². The summed E-state index contributed by atoms with van der Waals surface area (Å²) in [4.78, 5) is 29.8. The van der Waals surface area contributed by atoms with Gasteiger partial charge in [-0.2, -0.15) is 0 Å². The molecule has 4 aromatic rings. The number of hydrogen-bond acceptors (Lipinski definition) is 3. The normalized spacial score (nSPS) is 15.9. The Morgan fingerprint density at radius 3 is 2.61 bits per heavy atom. The van der Waals surface area contributed by atoms with E-state index in [1.54, 1.807) is 17.6 Å². The van der Waals surface area contributed by atoms with E-state index in [0.29, 0.717) is 29.9 Å². The van der Waals surface area contributed by atoms with Crippen LogP contribution >= 0.6 is 0 Å². The molecule has 1 amide bonds. The Morgan fingerprint density at radius 1 is 1.15 bits per heavy atom. The molecule has 0 aliphatic carbocycles. The average molecular weight is 458 g/mol. The minimum atomic E-state index is -2.63. The van der Waals surface area contributed by atoms with Crippen LogP contribution in [0.3, 0.4) is 0 Å². The van der Waals surface area contributed by atoms with E-state index in [0.717, 1.165) is 12.1 Å². The number of nitrogens with zero attached hydrogens (tertiary/aromatic N) is 2. The van der Waals surface area contributed by atoms with Gasteiger partial charge in [-0.3, -0.25) is 9.59 Å². The Bertz CT molecular complexity index is 1480. The van der Waals surface area contributed by atoms with Gasteiger partial charge in [0.25, 0.3) is 17.9 Å². The Labute approximate surface area is 184 Å². The molecule has 4 heterocycles. The molecular formula is C23H18F4N4O2. The molecule has 1 unspecified atom stereocenters. The lowest BCUT2D eigenvalue weighted by Gasteiger charge is -2.34. The molecule has 0 spiro atoms. The molecule has 1 aromatic carbocycles. The number of halogens is 4. The summed E-state index contributed by atoms with van der Waals surface area (Å²) in [5.41, 5.74) is 1.04. The number of benzene rings is 1. The summed E-state index contributed by atoms with van der Waals surface area (Å²) in [5.74, 6) is -2.61. The van der Waals surface area contributed by atoms with Gasteiger partial charge in [-0.05, 0) is 35.7 Å². The van der Waals surface area contributed by atoms with Crippen LogP contribution in [0.2, 0.25) is 0 Å². The molecule has 10 heteroatoms. The molecular weight excluding hydrogens is 440 g/mol. The zero-order valence-corrected chi connectivity index (χ0v) is 17.3. The predicted octanol–water partition coefficient (Wildman–Crippen LogP) is 3.91.